The Hall–Kier alpha value is -3.59. The zero-order chi connectivity index (χ0) is 19.2. The van der Waals surface area contributed by atoms with Crippen molar-refractivity contribution in [1.29, 1.82) is 5.26 Å². The number of carbonyl (C=O) groups excluding carboxylic acids is 2. The largest absolute Gasteiger partial charge is 0.361 e. The van der Waals surface area contributed by atoms with Gasteiger partial charge in [0.2, 0.25) is 11.8 Å². The van der Waals surface area contributed by atoms with Gasteiger partial charge in [0.15, 0.2) is 0 Å². The fourth-order valence-corrected chi connectivity index (χ4v) is 3.07. The smallest absolute Gasteiger partial charge is 0.224 e. The Bertz CT molecular complexity index is 1020. The van der Waals surface area contributed by atoms with Crippen LogP contribution in [0.3, 0.4) is 0 Å². The van der Waals surface area contributed by atoms with Gasteiger partial charge in [-0.05, 0) is 23.8 Å². The van der Waals surface area contributed by atoms with Gasteiger partial charge in [0.25, 0.3) is 0 Å². The summed E-state index contributed by atoms with van der Waals surface area (Å²) in [4.78, 5) is 28.9. The van der Waals surface area contributed by atoms with Gasteiger partial charge in [0.1, 0.15) is 6.07 Å². The molecule has 2 N–H and O–H groups in total. The first-order chi connectivity index (χ1) is 13.1. The molecule has 3 aromatic rings. The third-order valence-electron chi connectivity index (χ3n) is 4.38. The minimum absolute atomic E-state index is 0.114. The number of amides is 2. The minimum Gasteiger partial charge on any atom is -0.361 e. The number of aromatic nitrogens is 1. The molecule has 0 aliphatic carbocycles. The summed E-state index contributed by atoms with van der Waals surface area (Å²) in [5, 5.41) is 13.1. The number of para-hydroxylation sites is 2. The average molecular weight is 360 g/mol. The van der Waals surface area contributed by atoms with E-state index in [0.29, 0.717) is 24.3 Å². The molecule has 0 fully saturated rings. The van der Waals surface area contributed by atoms with Crippen molar-refractivity contribution in [3.05, 3.63) is 65.9 Å². The average Bonchev–Trinajstić information content (AvgIpc) is 3.08. The van der Waals surface area contributed by atoms with E-state index in [0.717, 1.165) is 16.5 Å². The van der Waals surface area contributed by atoms with Crippen LogP contribution in [0.1, 0.15) is 18.1 Å². The van der Waals surface area contributed by atoms with Crippen LogP contribution in [0, 0.1) is 11.3 Å². The second kappa shape index (κ2) is 8.19. The summed E-state index contributed by atoms with van der Waals surface area (Å²) in [6.07, 6.45) is 2.11. The van der Waals surface area contributed by atoms with Crippen LogP contribution in [0.5, 0.6) is 0 Å². The van der Waals surface area contributed by atoms with Gasteiger partial charge in [-0.2, -0.15) is 5.26 Å². The maximum absolute atomic E-state index is 12.3. The molecule has 3 rings (SSSR count). The van der Waals surface area contributed by atoms with E-state index in [2.05, 4.69) is 16.4 Å². The highest BCUT2D eigenvalue weighted by atomic mass is 16.2. The lowest BCUT2D eigenvalue weighted by Crippen LogP contribution is -2.38. The van der Waals surface area contributed by atoms with Crippen LogP contribution >= 0.6 is 0 Å². The van der Waals surface area contributed by atoms with Gasteiger partial charge in [0.05, 0.1) is 17.7 Å². The Morgan fingerprint density at radius 2 is 1.89 bits per heavy atom. The molecule has 2 amide bonds. The molecular weight excluding hydrogens is 340 g/mol. The van der Waals surface area contributed by atoms with Gasteiger partial charge in [-0.1, -0.05) is 30.3 Å². The van der Waals surface area contributed by atoms with Crippen LogP contribution < -0.4 is 10.2 Å². The Balaban J connectivity index is 1.61. The van der Waals surface area contributed by atoms with E-state index in [-0.39, 0.29) is 18.2 Å². The zero-order valence-corrected chi connectivity index (χ0v) is 15.0. The summed E-state index contributed by atoms with van der Waals surface area (Å²) in [7, 11) is 0. The molecule has 6 nitrogen and oxygen atoms in total. The lowest BCUT2D eigenvalue weighted by molar-refractivity contribution is -0.121. The number of hydrogen-bond acceptors (Lipinski definition) is 3. The Morgan fingerprint density at radius 3 is 2.67 bits per heavy atom. The van der Waals surface area contributed by atoms with E-state index in [1.807, 2.05) is 30.5 Å². The predicted molar refractivity (Wildman–Crippen MR) is 104 cm³/mol. The molecular formula is C21H20N4O2. The highest BCUT2D eigenvalue weighted by Gasteiger charge is 2.15. The van der Waals surface area contributed by atoms with Gasteiger partial charge in [-0.15, -0.1) is 0 Å². The second-order valence-corrected chi connectivity index (χ2v) is 6.19. The van der Waals surface area contributed by atoms with Crippen LogP contribution in [0.2, 0.25) is 0 Å². The molecule has 0 aliphatic rings. The first-order valence-corrected chi connectivity index (χ1v) is 8.69. The number of H-pyrrole nitrogens is 1. The third kappa shape index (κ3) is 4.15. The van der Waals surface area contributed by atoms with E-state index in [1.54, 1.807) is 24.3 Å². The molecule has 136 valence electrons. The maximum atomic E-state index is 12.3. The number of nitrogens with one attached hydrogen (secondary N) is 2. The number of rotatable bonds is 6. The van der Waals surface area contributed by atoms with Crippen LogP contribution in [0.25, 0.3) is 10.9 Å². The SMILES string of the molecule is CC(=O)N(CCNC(=O)Cc1c[nH]c2ccccc12)c1ccccc1C#N. The van der Waals surface area contributed by atoms with Gasteiger partial charge in [-0.3, -0.25) is 9.59 Å². The van der Waals surface area contributed by atoms with E-state index in [4.69, 9.17) is 0 Å². The fourth-order valence-electron chi connectivity index (χ4n) is 3.07. The zero-order valence-electron chi connectivity index (χ0n) is 15.0. The van der Waals surface area contributed by atoms with Gasteiger partial charge >= 0.3 is 0 Å². The highest BCUT2D eigenvalue weighted by molar-refractivity contribution is 5.93. The van der Waals surface area contributed by atoms with Crippen molar-refractivity contribution >= 4 is 28.4 Å². The first-order valence-electron chi connectivity index (χ1n) is 8.69. The fraction of sp³-hybridized carbons (Fsp3) is 0.190. The topological polar surface area (TPSA) is 89.0 Å². The number of nitrogens with zero attached hydrogens (tertiary/aromatic N) is 2. The lowest BCUT2D eigenvalue weighted by atomic mass is 10.1. The van der Waals surface area contributed by atoms with E-state index >= 15 is 0 Å². The van der Waals surface area contributed by atoms with Gasteiger partial charge < -0.3 is 15.2 Å². The van der Waals surface area contributed by atoms with Gasteiger partial charge in [0, 0.05) is 37.1 Å². The van der Waals surface area contributed by atoms with Crippen LogP contribution in [0.4, 0.5) is 5.69 Å². The summed E-state index contributed by atoms with van der Waals surface area (Å²) < 4.78 is 0. The van der Waals surface area contributed by atoms with Crippen molar-refractivity contribution in [2.24, 2.45) is 0 Å². The minimum atomic E-state index is -0.177. The summed E-state index contributed by atoms with van der Waals surface area (Å²) in [5.74, 6) is -0.291. The second-order valence-electron chi connectivity index (χ2n) is 6.19. The van der Waals surface area contributed by atoms with Crippen molar-refractivity contribution in [2.75, 3.05) is 18.0 Å². The monoisotopic (exact) mass is 360 g/mol. The Kier molecular flexibility index (Phi) is 5.53. The molecule has 0 radical (unpaired) electrons. The molecule has 2 aromatic carbocycles. The van der Waals surface area contributed by atoms with Crippen molar-refractivity contribution in [1.82, 2.24) is 10.3 Å². The standard InChI is InChI=1S/C21H20N4O2/c1-15(26)25(20-9-5-2-6-16(20)13-22)11-10-23-21(27)12-17-14-24-19-8-4-3-7-18(17)19/h2-9,14,24H,10-12H2,1H3,(H,23,27). The summed E-state index contributed by atoms with van der Waals surface area (Å²) >= 11 is 0. The van der Waals surface area contributed by atoms with Crippen LogP contribution in [0.15, 0.2) is 54.7 Å². The number of aromatic amines is 1. The Labute approximate surface area is 157 Å². The Morgan fingerprint density at radius 1 is 1.15 bits per heavy atom. The van der Waals surface area contributed by atoms with E-state index in [9.17, 15) is 14.9 Å². The van der Waals surface area contributed by atoms with Crippen LogP contribution in [-0.4, -0.2) is 29.9 Å². The van der Waals surface area contributed by atoms with Crippen molar-refractivity contribution in [3.63, 3.8) is 0 Å². The molecule has 0 unspecified atom stereocenters. The molecule has 0 atom stereocenters. The summed E-state index contributed by atoms with van der Waals surface area (Å²) in [6, 6.07) is 16.8. The number of nitriles is 1. The molecule has 0 bridgehead atoms. The molecule has 1 heterocycles. The first kappa shape index (κ1) is 18.2. The molecule has 6 heteroatoms. The molecule has 27 heavy (non-hydrogen) atoms. The van der Waals surface area contributed by atoms with Crippen molar-refractivity contribution < 1.29 is 9.59 Å². The molecule has 1 aromatic heterocycles. The number of carbonyl (C=O) groups is 2. The van der Waals surface area contributed by atoms with Crippen LogP contribution in [-0.2, 0) is 16.0 Å². The quantitative estimate of drug-likeness (QED) is 0.708. The molecule has 0 spiro atoms. The predicted octanol–water partition coefficient (Wildman–Crippen LogP) is 2.75. The molecule has 0 aliphatic heterocycles. The molecule has 0 saturated heterocycles. The van der Waals surface area contributed by atoms with Crippen molar-refractivity contribution in [3.8, 4) is 6.07 Å². The number of anilines is 1. The van der Waals surface area contributed by atoms with Gasteiger partial charge in [-0.25, -0.2) is 0 Å². The van der Waals surface area contributed by atoms with Crippen molar-refractivity contribution in [2.45, 2.75) is 13.3 Å². The van der Waals surface area contributed by atoms with E-state index in [1.165, 1.54) is 11.8 Å². The lowest BCUT2D eigenvalue weighted by Gasteiger charge is -2.22. The number of hydrogen-bond donors (Lipinski definition) is 2. The number of benzene rings is 2. The normalized spacial score (nSPS) is 10.4. The summed E-state index contributed by atoms with van der Waals surface area (Å²) in [5.41, 5.74) is 2.91. The highest BCUT2D eigenvalue weighted by Crippen LogP contribution is 2.20. The third-order valence-corrected chi connectivity index (χ3v) is 4.38. The maximum Gasteiger partial charge on any atom is 0.224 e. The molecule has 0 saturated carbocycles. The number of fused-ring (bicyclic) bond motifs is 1. The van der Waals surface area contributed by atoms with E-state index < -0.39 is 0 Å². The summed E-state index contributed by atoms with van der Waals surface area (Å²) in [6.45, 7) is 2.05.